The van der Waals surface area contributed by atoms with Gasteiger partial charge < -0.3 is 10.5 Å². The summed E-state index contributed by atoms with van der Waals surface area (Å²) in [5.41, 5.74) is 7.88. The van der Waals surface area contributed by atoms with Crippen molar-refractivity contribution in [2.75, 3.05) is 6.54 Å². The number of ether oxygens (including phenoxy) is 1. The molecular weight excluding hydrogens is 290 g/mol. The molecule has 0 unspecified atom stereocenters. The van der Waals surface area contributed by atoms with Gasteiger partial charge in [-0.1, -0.05) is 24.3 Å². The van der Waals surface area contributed by atoms with Crippen molar-refractivity contribution in [1.82, 2.24) is 0 Å². The summed E-state index contributed by atoms with van der Waals surface area (Å²) in [5.74, 6) is 1.70. The van der Waals surface area contributed by atoms with Crippen molar-refractivity contribution < 1.29 is 4.74 Å². The lowest BCUT2D eigenvalue weighted by atomic mass is 10.1. The van der Waals surface area contributed by atoms with Crippen LogP contribution in [0.2, 0.25) is 0 Å². The number of aryl methyl sites for hydroxylation is 1. The van der Waals surface area contributed by atoms with Gasteiger partial charge >= 0.3 is 0 Å². The van der Waals surface area contributed by atoms with Crippen LogP contribution in [0, 0.1) is 6.92 Å². The van der Waals surface area contributed by atoms with Crippen LogP contribution in [0.5, 0.6) is 11.5 Å². The predicted octanol–water partition coefficient (Wildman–Crippen LogP) is 4.05. The summed E-state index contributed by atoms with van der Waals surface area (Å²) in [6.45, 7) is 2.69. The lowest BCUT2D eigenvalue weighted by molar-refractivity contribution is 0.475. The predicted molar refractivity (Wildman–Crippen MR) is 78.2 cm³/mol. The Morgan fingerprint density at radius 3 is 2.56 bits per heavy atom. The third kappa shape index (κ3) is 3.12. The maximum atomic E-state index is 5.89. The number of hydrogen-bond donors (Lipinski definition) is 1. The van der Waals surface area contributed by atoms with Crippen LogP contribution in [0.3, 0.4) is 0 Å². The highest BCUT2D eigenvalue weighted by Crippen LogP contribution is 2.31. The molecule has 0 aromatic heterocycles. The zero-order valence-electron chi connectivity index (χ0n) is 10.3. The molecule has 0 spiro atoms. The standard InChI is InChI=1S/C15H16BrNO/c1-11-4-2-3-5-14(11)18-15-7-6-12(8-9-17)10-13(15)16/h2-7,10H,8-9,17H2,1H3. The number of nitrogens with two attached hydrogens (primary N) is 1. The van der Waals surface area contributed by atoms with E-state index in [0.717, 1.165) is 28.0 Å². The third-order valence-corrected chi connectivity index (χ3v) is 3.36. The first kappa shape index (κ1) is 13.1. The Bertz CT molecular complexity index is 540. The Kier molecular flexibility index (Phi) is 4.39. The van der Waals surface area contributed by atoms with Crippen LogP contribution in [0.25, 0.3) is 0 Å². The van der Waals surface area contributed by atoms with Gasteiger partial charge in [0, 0.05) is 0 Å². The van der Waals surface area contributed by atoms with Gasteiger partial charge in [0.05, 0.1) is 4.47 Å². The van der Waals surface area contributed by atoms with E-state index < -0.39 is 0 Å². The highest BCUT2D eigenvalue weighted by atomic mass is 79.9. The summed E-state index contributed by atoms with van der Waals surface area (Å²) in [7, 11) is 0. The first-order chi connectivity index (χ1) is 8.70. The van der Waals surface area contributed by atoms with Gasteiger partial charge in [0.25, 0.3) is 0 Å². The van der Waals surface area contributed by atoms with Crippen molar-refractivity contribution >= 4 is 15.9 Å². The fraction of sp³-hybridized carbons (Fsp3) is 0.200. The first-order valence-corrected chi connectivity index (χ1v) is 6.72. The van der Waals surface area contributed by atoms with Gasteiger partial charge in [-0.25, -0.2) is 0 Å². The zero-order chi connectivity index (χ0) is 13.0. The molecule has 2 aromatic carbocycles. The molecule has 94 valence electrons. The van der Waals surface area contributed by atoms with Gasteiger partial charge in [-0.3, -0.25) is 0 Å². The molecule has 0 bridgehead atoms. The molecule has 0 saturated heterocycles. The minimum Gasteiger partial charge on any atom is -0.456 e. The maximum Gasteiger partial charge on any atom is 0.141 e. The molecule has 0 aliphatic rings. The van der Waals surface area contributed by atoms with Gasteiger partial charge in [-0.05, 0) is 65.1 Å². The fourth-order valence-corrected chi connectivity index (χ4v) is 2.25. The molecule has 0 saturated carbocycles. The van der Waals surface area contributed by atoms with E-state index in [2.05, 4.69) is 22.0 Å². The SMILES string of the molecule is Cc1ccccc1Oc1ccc(CCN)cc1Br. The zero-order valence-corrected chi connectivity index (χ0v) is 11.9. The first-order valence-electron chi connectivity index (χ1n) is 5.92. The molecular formula is C15H16BrNO. The molecule has 0 atom stereocenters. The summed E-state index contributed by atoms with van der Waals surface area (Å²) >= 11 is 3.53. The Labute approximate surface area is 116 Å². The van der Waals surface area contributed by atoms with Crippen molar-refractivity contribution in [3.05, 3.63) is 58.1 Å². The monoisotopic (exact) mass is 305 g/mol. The minimum atomic E-state index is 0.657. The van der Waals surface area contributed by atoms with Crippen LogP contribution in [-0.4, -0.2) is 6.54 Å². The van der Waals surface area contributed by atoms with Crippen LogP contribution in [0.1, 0.15) is 11.1 Å². The molecule has 2 N–H and O–H groups in total. The quantitative estimate of drug-likeness (QED) is 0.925. The molecule has 2 nitrogen and oxygen atoms in total. The number of benzene rings is 2. The van der Waals surface area contributed by atoms with E-state index >= 15 is 0 Å². The van der Waals surface area contributed by atoms with E-state index in [4.69, 9.17) is 10.5 Å². The summed E-state index contributed by atoms with van der Waals surface area (Å²) in [6.07, 6.45) is 0.878. The van der Waals surface area contributed by atoms with Crippen LogP contribution >= 0.6 is 15.9 Å². The second-order valence-corrected chi connectivity index (χ2v) is 5.03. The highest BCUT2D eigenvalue weighted by Gasteiger charge is 2.05. The van der Waals surface area contributed by atoms with Gasteiger partial charge in [0.1, 0.15) is 11.5 Å². The highest BCUT2D eigenvalue weighted by molar-refractivity contribution is 9.10. The molecule has 2 rings (SSSR count). The second-order valence-electron chi connectivity index (χ2n) is 4.17. The lowest BCUT2D eigenvalue weighted by Gasteiger charge is -2.11. The molecule has 0 amide bonds. The van der Waals surface area contributed by atoms with E-state index in [1.54, 1.807) is 0 Å². The summed E-state index contributed by atoms with van der Waals surface area (Å²) < 4.78 is 6.85. The van der Waals surface area contributed by atoms with Crippen LogP contribution in [0.15, 0.2) is 46.9 Å². The average Bonchev–Trinajstić information content (AvgIpc) is 2.35. The largest absolute Gasteiger partial charge is 0.456 e. The summed E-state index contributed by atoms with van der Waals surface area (Å²) in [6, 6.07) is 14.1. The van der Waals surface area contributed by atoms with Crippen LogP contribution in [-0.2, 0) is 6.42 Å². The fourth-order valence-electron chi connectivity index (χ4n) is 1.74. The van der Waals surface area contributed by atoms with Crippen LogP contribution in [0.4, 0.5) is 0 Å². The third-order valence-electron chi connectivity index (χ3n) is 2.74. The van der Waals surface area contributed by atoms with Crippen molar-refractivity contribution in [2.24, 2.45) is 5.73 Å². The minimum absolute atomic E-state index is 0.657. The number of hydrogen-bond acceptors (Lipinski definition) is 2. The lowest BCUT2D eigenvalue weighted by Crippen LogP contribution is -2.02. The van der Waals surface area contributed by atoms with E-state index in [-0.39, 0.29) is 0 Å². The maximum absolute atomic E-state index is 5.89. The molecule has 18 heavy (non-hydrogen) atoms. The molecule has 0 radical (unpaired) electrons. The Hall–Kier alpha value is -1.32. The van der Waals surface area contributed by atoms with Crippen molar-refractivity contribution in [1.29, 1.82) is 0 Å². The normalized spacial score (nSPS) is 10.4. The molecule has 0 heterocycles. The van der Waals surface area contributed by atoms with Gasteiger partial charge in [-0.2, -0.15) is 0 Å². The van der Waals surface area contributed by atoms with Crippen LogP contribution < -0.4 is 10.5 Å². The molecule has 0 aliphatic carbocycles. The van der Waals surface area contributed by atoms with E-state index in [1.165, 1.54) is 5.56 Å². The molecule has 0 fully saturated rings. The van der Waals surface area contributed by atoms with Crippen molar-refractivity contribution in [3.63, 3.8) is 0 Å². The number of halogens is 1. The number of para-hydroxylation sites is 1. The van der Waals surface area contributed by atoms with E-state index in [9.17, 15) is 0 Å². The van der Waals surface area contributed by atoms with E-state index in [1.807, 2.05) is 43.3 Å². The topological polar surface area (TPSA) is 35.2 Å². The molecule has 2 aromatic rings. The van der Waals surface area contributed by atoms with Crippen molar-refractivity contribution in [2.45, 2.75) is 13.3 Å². The van der Waals surface area contributed by atoms with Gasteiger partial charge in [-0.15, -0.1) is 0 Å². The van der Waals surface area contributed by atoms with Gasteiger partial charge in [0.2, 0.25) is 0 Å². The van der Waals surface area contributed by atoms with E-state index in [0.29, 0.717) is 6.54 Å². The van der Waals surface area contributed by atoms with Crippen molar-refractivity contribution in [3.8, 4) is 11.5 Å². The molecule has 3 heteroatoms. The van der Waals surface area contributed by atoms with Gasteiger partial charge in [0.15, 0.2) is 0 Å². The summed E-state index contributed by atoms with van der Waals surface area (Å²) in [5, 5.41) is 0. The summed E-state index contributed by atoms with van der Waals surface area (Å²) in [4.78, 5) is 0. The Balaban J connectivity index is 2.22. The Morgan fingerprint density at radius 2 is 1.89 bits per heavy atom. The number of rotatable bonds is 4. The second kappa shape index (κ2) is 6.03. The molecule has 0 aliphatic heterocycles. The Morgan fingerprint density at radius 1 is 1.11 bits per heavy atom. The average molecular weight is 306 g/mol. The smallest absolute Gasteiger partial charge is 0.141 e.